The third-order valence-corrected chi connectivity index (χ3v) is 2.62. The standard InChI is InChI=1S/C12H13FN2O2/c1-7(12(16)17)8(2)15-11-4-3-10(13)5-9(11)6-14/h3-5,7-8,15H,1-2H3,(H,16,17). The van der Waals surface area contributed by atoms with Crippen LogP contribution in [0.3, 0.4) is 0 Å². The van der Waals surface area contributed by atoms with Gasteiger partial charge in [0.1, 0.15) is 11.9 Å². The van der Waals surface area contributed by atoms with E-state index in [-0.39, 0.29) is 11.6 Å². The molecule has 2 atom stereocenters. The first-order chi connectivity index (χ1) is 7.95. The molecule has 0 aliphatic heterocycles. The lowest BCUT2D eigenvalue weighted by molar-refractivity contribution is -0.141. The molecule has 0 aromatic heterocycles. The fourth-order valence-corrected chi connectivity index (χ4v) is 1.32. The fourth-order valence-electron chi connectivity index (χ4n) is 1.32. The Kier molecular flexibility index (Phi) is 4.05. The highest BCUT2D eigenvalue weighted by molar-refractivity contribution is 5.71. The van der Waals surface area contributed by atoms with E-state index in [0.29, 0.717) is 5.69 Å². The van der Waals surface area contributed by atoms with Crippen molar-refractivity contribution in [3.63, 3.8) is 0 Å². The minimum atomic E-state index is -0.925. The van der Waals surface area contributed by atoms with Crippen LogP contribution in [-0.4, -0.2) is 17.1 Å². The number of rotatable bonds is 4. The molecule has 0 radical (unpaired) electrons. The second-order valence-electron chi connectivity index (χ2n) is 3.86. The maximum absolute atomic E-state index is 12.9. The van der Waals surface area contributed by atoms with Crippen LogP contribution in [0, 0.1) is 23.1 Å². The molecule has 0 aliphatic rings. The van der Waals surface area contributed by atoms with Crippen molar-refractivity contribution < 1.29 is 14.3 Å². The number of nitrogens with one attached hydrogen (secondary N) is 1. The summed E-state index contributed by atoms with van der Waals surface area (Å²) in [6.07, 6.45) is 0. The molecule has 1 aromatic rings. The molecule has 90 valence electrons. The first-order valence-electron chi connectivity index (χ1n) is 5.14. The zero-order valence-electron chi connectivity index (χ0n) is 9.57. The highest BCUT2D eigenvalue weighted by Gasteiger charge is 2.19. The van der Waals surface area contributed by atoms with Crippen molar-refractivity contribution in [3.8, 4) is 6.07 Å². The Labute approximate surface area is 98.7 Å². The summed E-state index contributed by atoms with van der Waals surface area (Å²) in [4.78, 5) is 10.8. The molecule has 0 bridgehead atoms. The Bertz CT molecular complexity index is 468. The molecule has 0 saturated carbocycles. The fraction of sp³-hybridized carbons (Fsp3) is 0.333. The SMILES string of the molecule is CC(Nc1ccc(F)cc1C#N)C(C)C(=O)O. The van der Waals surface area contributed by atoms with Gasteiger partial charge < -0.3 is 10.4 Å². The largest absolute Gasteiger partial charge is 0.481 e. The summed E-state index contributed by atoms with van der Waals surface area (Å²) >= 11 is 0. The number of carboxylic acid groups (broad SMARTS) is 1. The number of aliphatic carboxylic acids is 1. The van der Waals surface area contributed by atoms with E-state index >= 15 is 0 Å². The zero-order chi connectivity index (χ0) is 13.0. The lowest BCUT2D eigenvalue weighted by Gasteiger charge is -2.19. The lowest BCUT2D eigenvalue weighted by Crippen LogP contribution is -2.30. The molecule has 0 saturated heterocycles. The van der Waals surface area contributed by atoms with Crippen LogP contribution in [0.15, 0.2) is 18.2 Å². The second kappa shape index (κ2) is 5.30. The van der Waals surface area contributed by atoms with Crippen molar-refractivity contribution in [1.82, 2.24) is 0 Å². The van der Waals surface area contributed by atoms with Gasteiger partial charge in [-0.3, -0.25) is 4.79 Å². The minimum absolute atomic E-state index is 0.162. The topological polar surface area (TPSA) is 73.1 Å². The molecule has 0 spiro atoms. The van der Waals surface area contributed by atoms with E-state index in [4.69, 9.17) is 10.4 Å². The molecule has 17 heavy (non-hydrogen) atoms. The van der Waals surface area contributed by atoms with Crippen molar-refractivity contribution in [2.75, 3.05) is 5.32 Å². The molecule has 1 aromatic carbocycles. The third kappa shape index (κ3) is 3.18. The maximum Gasteiger partial charge on any atom is 0.308 e. The highest BCUT2D eigenvalue weighted by Crippen LogP contribution is 2.19. The van der Waals surface area contributed by atoms with Gasteiger partial charge in [0.05, 0.1) is 17.2 Å². The predicted octanol–water partition coefficient (Wildman–Crippen LogP) is 2.22. The summed E-state index contributed by atoms with van der Waals surface area (Å²) in [5, 5.41) is 20.6. The van der Waals surface area contributed by atoms with Crippen molar-refractivity contribution in [2.45, 2.75) is 19.9 Å². The number of nitrogens with zero attached hydrogens (tertiary/aromatic N) is 1. The van der Waals surface area contributed by atoms with Gasteiger partial charge >= 0.3 is 5.97 Å². The first-order valence-corrected chi connectivity index (χ1v) is 5.14. The van der Waals surface area contributed by atoms with Gasteiger partial charge in [-0.2, -0.15) is 5.26 Å². The zero-order valence-corrected chi connectivity index (χ0v) is 9.57. The number of carboxylic acids is 1. The van der Waals surface area contributed by atoms with E-state index in [0.717, 1.165) is 6.07 Å². The van der Waals surface area contributed by atoms with Crippen LogP contribution in [0.1, 0.15) is 19.4 Å². The van der Waals surface area contributed by atoms with E-state index in [2.05, 4.69) is 5.32 Å². The molecule has 4 nitrogen and oxygen atoms in total. The predicted molar refractivity (Wildman–Crippen MR) is 61.0 cm³/mol. The second-order valence-corrected chi connectivity index (χ2v) is 3.86. The van der Waals surface area contributed by atoms with Gasteiger partial charge in [-0.15, -0.1) is 0 Å². The van der Waals surface area contributed by atoms with E-state index in [1.54, 1.807) is 13.8 Å². The summed E-state index contributed by atoms with van der Waals surface area (Å²) in [6.45, 7) is 3.26. The Balaban J connectivity index is 2.89. The molecule has 5 heteroatoms. The van der Waals surface area contributed by atoms with Crippen LogP contribution in [0.2, 0.25) is 0 Å². The van der Waals surface area contributed by atoms with Crippen molar-refractivity contribution in [2.24, 2.45) is 5.92 Å². The molecule has 2 unspecified atom stereocenters. The van der Waals surface area contributed by atoms with Crippen molar-refractivity contribution in [1.29, 1.82) is 5.26 Å². The summed E-state index contributed by atoms with van der Waals surface area (Å²) < 4.78 is 12.9. The lowest BCUT2D eigenvalue weighted by atomic mass is 10.0. The molecular formula is C12H13FN2O2. The van der Waals surface area contributed by atoms with Gasteiger partial charge in [0, 0.05) is 6.04 Å². The summed E-state index contributed by atoms with van der Waals surface area (Å²) in [5.74, 6) is -2.02. The molecule has 0 fully saturated rings. The van der Waals surface area contributed by atoms with Crippen molar-refractivity contribution in [3.05, 3.63) is 29.6 Å². The Morgan fingerprint density at radius 3 is 2.71 bits per heavy atom. The number of benzene rings is 1. The minimum Gasteiger partial charge on any atom is -0.481 e. The van der Waals surface area contributed by atoms with Crippen LogP contribution in [0.25, 0.3) is 0 Å². The van der Waals surface area contributed by atoms with Crippen LogP contribution >= 0.6 is 0 Å². The summed E-state index contributed by atoms with van der Waals surface area (Å²) in [6, 6.07) is 5.27. The molecular weight excluding hydrogens is 223 g/mol. The van der Waals surface area contributed by atoms with Gasteiger partial charge in [-0.25, -0.2) is 4.39 Å². The number of anilines is 1. The van der Waals surface area contributed by atoms with Gasteiger partial charge in [-0.05, 0) is 32.0 Å². The summed E-state index contributed by atoms with van der Waals surface area (Å²) in [7, 11) is 0. The number of hydrogen-bond acceptors (Lipinski definition) is 3. The first kappa shape index (κ1) is 13.0. The Morgan fingerprint density at radius 1 is 1.53 bits per heavy atom. The molecule has 2 N–H and O–H groups in total. The maximum atomic E-state index is 12.9. The van der Waals surface area contributed by atoms with Crippen molar-refractivity contribution >= 4 is 11.7 Å². The molecule has 0 amide bonds. The molecule has 1 rings (SSSR count). The number of halogens is 1. The normalized spacial score (nSPS) is 13.5. The van der Waals surface area contributed by atoms with Crippen LogP contribution in [0.4, 0.5) is 10.1 Å². The Hall–Kier alpha value is -2.09. The third-order valence-electron chi connectivity index (χ3n) is 2.62. The Morgan fingerprint density at radius 2 is 2.18 bits per heavy atom. The van der Waals surface area contributed by atoms with Crippen LogP contribution < -0.4 is 5.32 Å². The van der Waals surface area contributed by atoms with Gasteiger partial charge in [0.2, 0.25) is 0 Å². The number of carbonyl (C=O) groups is 1. The average Bonchev–Trinajstić information content (AvgIpc) is 2.30. The van der Waals surface area contributed by atoms with Crippen LogP contribution in [0.5, 0.6) is 0 Å². The number of hydrogen-bond donors (Lipinski definition) is 2. The quantitative estimate of drug-likeness (QED) is 0.840. The van der Waals surface area contributed by atoms with Gasteiger partial charge in [0.15, 0.2) is 0 Å². The molecule has 0 heterocycles. The van der Waals surface area contributed by atoms with E-state index in [9.17, 15) is 9.18 Å². The molecule has 0 aliphatic carbocycles. The average molecular weight is 236 g/mol. The van der Waals surface area contributed by atoms with E-state index < -0.39 is 17.7 Å². The van der Waals surface area contributed by atoms with Gasteiger partial charge in [0.25, 0.3) is 0 Å². The van der Waals surface area contributed by atoms with E-state index in [1.165, 1.54) is 12.1 Å². The highest BCUT2D eigenvalue weighted by atomic mass is 19.1. The summed E-state index contributed by atoms with van der Waals surface area (Å²) in [5.41, 5.74) is 0.601. The van der Waals surface area contributed by atoms with Gasteiger partial charge in [-0.1, -0.05) is 0 Å². The van der Waals surface area contributed by atoms with E-state index in [1.807, 2.05) is 6.07 Å². The van der Waals surface area contributed by atoms with Crippen LogP contribution in [-0.2, 0) is 4.79 Å². The monoisotopic (exact) mass is 236 g/mol. The number of nitriles is 1. The smallest absolute Gasteiger partial charge is 0.308 e.